The van der Waals surface area contributed by atoms with Crippen molar-refractivity contribution in [2.45, 2.75) is 38.8 Å². The summed E-state index contributed by atoms with van der Waals surface area (Å²) in [5.41, 5.74) is 0.296. The molecule has 0 aromatic heterocycles. The highest BCUT2D eigenvalue weighted by Gasteiger charge is 2.35. The van der Waals surface area contributed by atoms with Crippen LogP contribution in [0.3, 0.4) is 0 Å². The summed E-state index contributed by atoms with van der Waals surface area (Å²) >= 11 is 0. The third kappa shape index (κ3) is 3.91. The molecular weight excluding hydrogens is 238 g/mol. The fourth-order valence-corrected chi connectivity index (χ4v) is 3.16. The zero-order chi connectivity index (χ0) is 13.9. The Kier molecular flexibility index (Phi) is 5.23. The zero-order valence-electron chi connectivity index (χ0n) is 13.1. The summed E-state index contributed by atoms with van der Waals surface area (Å²) in [7, 11) is 2.24. The Balaban J connectivity index is 1.83. The van der Waals surface area contributed by atoms with Crippen molar-refractivity contribution >= 4 is 0 Å². The minimum absolute atomic E-state index is 0.296. The first-order chi connectivity index (χ1) is 9.03. The lowest BCUT2D eigenvalue weighted by Crippen LogP contribution is -2.59. The predicted octanol–water partition coefficient (Wildman–Crippen LogP) is 1.03. The highest BCUT2D eigenvalue weighted by atomic mass is 16.5. The molecule has 0 spiro atoms. The summed E-state index contributed by atoms with van der Waals surface area (Å²) in [6.07, 6.45) is 1.20. The molecule has 1 N–H and O–H groups in total. The van der Waals surface area contributed by atoms with Gasteiger partial charge in [-0.05, 0) is 33.9 Å². The van der Waals surface area contributed by atoms with E-state index in [2.05, 4.69) is 42.9 Å². The van der Waals surface area contributed by atoms with Crippen LogP contribution in [-0.2, 0) is 4.74 Å². The molecule has 2 aliphatic rings. The summed E-state index contributed by atoms with van der Waals surface area (Å²) in [6, 6.07) is 0.558. The Morgan fingerprint density at radius 1 is 1.26 bits per heavy atom. The van der Waals surface area contributed by atoms with Gasteiger partial charge in [0.1, 0.15) is 0 Å². The second-order valence-electron chi connectivity index (χ2n) is 6.83. The van der Waals surface area contributed by atoms with Crippen LogP contribution >= 0.6 is 0 Å². The van der Waals surface area contributed by atoms with Crippen molar-refractivity contribution in [3.63, 3.8) is 0 Å². The van der Waals surface area contributed by atoms with Gasteiger partial charge in [0, 0.05) is 43.7 Å². The number of likely N-dealkylation sites (N-methyl/N-ethyl adjacent to an activating group) is 1. The van der Waals surface area contributed by atoms with Gasteiger partial charge in [-0.2, -0.15) is 0 Å². The van der Waals surface area contributed by atoms with E-state index in [9.17, 15) is 0 Å². The van der Waals surface area contributed by atoms with Gasteiger partial charge in [-0.25, -0.2) is 0 Å². The quantitative estimate of drug-likeness (QED) is 0.807. The molecule has 4 heteroatoms. The molecule has 2 saturated heterocycles. The molecule has 2 rings (SSSR count). The minimum Gasteiger partial charge on any atom is -0.379 e. The van der Waals surface area contributed by atoms with Crippen LogP contribution in [0.15, 0.2) is 0 Å². The van der Waals surface area contributed by atoms with Gasteiger partial charge in [-0.3, -0.25) is 9.80 Å². The van der Waals surface area contributed by atoms with Gasteiger partial charge >= 0.3 is 0 Å². The third-order valence-corrected chi connectivity index (χ3v) is 4.74. The van der Waals surface area contributed by atoms with E-state index >= 15 is 0 Å². The van der Waals surface area contributed by atoms with Crippen molar-refractivity contribution < 1.29 is 4.74 Å². The first-order valence-corrected chi connectivity index (χ1v) is 7.77. The predicted molar refractivity (Wildman–Crippen MR) is 79.5 cm³/mol. The van der Waals surface area contributed by atoms with Gasteiger partial charge in [-0.1, -0.05) is 6.92 Å². The molecule has 0 aliphatic carbocycles. The SMILES string of the molecule is CCCNC1COCC1CN1CCN(C)C(C)(C)C1. The Hall–Kier alpha value is -0.160. The largest absolute Gasteiger partial charge is 0.379 e. The summed E-state index contributed by atoms with van der Waals surface area (Å²) in [4.78, 5) is 5.10. The normalized spacial score (nSPS) is 32.8. The van der Waals surface area contributed by atoms with Crippen LogP contribution in [0.4, 0.5) is 0 Å². The van der Waals surface area contributed by atoms with Gasteiger partial charge in [0.05, 0.1) is 13.2 Å². The number of nitrogens with one attached hydrogen (secondary N) is 1. The molecule has 0 radical (unpaired) electrons. The van der Waals surface area contributed by atoms with Crippen LogP contribution in [0.25, 0.3) is 0 Å². The van der Waals surface area contributed by atoms with Crippen molar-refractivity contribution in [3.05, 3.63) is 0 Å². The standard InChI is InChI=1S/C15H31N3O/c1-5-6-16-14-11-19-10-13(14)9-18-8-7-17(4)15(2,3)12-18/h13-14,16H,5-12H2,1-4H3. The van der Waals surface area contributed by atoms with Crippen molar-refractivity contribution in [2.24, 2.45) is 5.92 Å². The van der Waals surface area contributed by atoms with Crippen LogP contribution in [0, 0.1) is 5.92 Å². The second kappa shape index (κ2) is 6.53. The Morgan fingerprint density at radius 3 is 2.74 bits per heavy atom. The van der Waals surface area contributed by atoms with E-state index in [0.717, 1.165) is 19.8 Å². The molecule has 0 aromatic rings. The molecule has 2 heterocycles. The van der Waals surface area contributed by atoms with Crippen molar-refractivity contribution in [1.82, 2.24) is 15.1 Å². The topological polar surface area (TPSA) is 27.7 Å². The molecular formula is C15H31N3O. The van der Waals surface area contributed by atoms with E-state index in [-0.39, 0.29) is 0 Å². The highest BCUT2D eigenvalue weighted by molar-refractivity contribution is 4.91. The Labute approximate surface area is 118 Å². The van der Waals surface area contributed by atoms with Crippen LogP contribution in [0.1, 0.15) is 27.2 Å². The maximum absolute atomic E-state index is 5.68. The van der Waals surface area contributed by atoms with E-state index in [4.69, 9.17) is 4.74 Å². The smallest absolute Gasteiger partial charge is 0.0623 e. The van der Waals surface area contributed by atoms with Gasteiger partial charge in [-0.15, -0.1) is 0 Å². The number of hydrogen-bond donors (Lipinski definition) is 1. The number of rotatable bonds is 5. The lowest BCUT2D eigenvalue weighted by atomic mass is 9.97. The molecule has 2 fully saturated rings. The van der Waals surface area contributed by atoms with E-state index in [1.807, 2.05) is 0 Å². The van der Waals surface area contributed by atoms with E-state index < -0.39 is 0 Å². The van der Waals surface area contributed by atoms with E-state index in [1.54, 1.807) is 0 Å². The third-order valence-electron chi connectivity index (χ3n) is 4.74. The zero-order valence-corrected chi connectivity index (χ0v) is 13.1. The molecule has 0 saturated carbocycles. The fourth-order valence-electron chi connectivity index (χ4n) is 3.16. The fraction of sp³-hybridized carbons (Fsp3) is 1.00. The number of ether oxygens (including phenoxy) is 1. The average molecular weight is 269 g/mol. The first-order valence-electron chi connectivity index (χ1n) is 7.77. The monoisotopic (exact) mass is 269 g/mol. The van der Waals surface area contributed by atoms with E-state index in [1.165, 1.54) is 32.6 Å². The van der Waals surface area contributed by atoms with Crippen LogP contribution in [0.2, 0.25) is 0 Å². The summed E-state index contributed by atoms with van der Waals surface area (Å²) in [6.45, 7) is 14.5. The molecule has 2 unspecified atom stereocenters. The van der Waals surface area contributed by atoms with Gasteiger partial charge < -0.3 is 10.1 Å². The minimum atomic E-state index is 0.296. The molecule has 0 bridgehead atoms. The molecule has 112 valence electrons. The van der Waals surface area contributed by atoms with Crippen molar-refractivity contribution in [3.8, 4) is 0 Å². The maximum atomic E-state index is 5.68. The van der Waals surface area contributed by atoms with Gasteiger partial charge in [0.2, 0.25) is 0 Å². The first kappa shape index (κ1) is 15.2. The molecule has 19 heavy (non-hydrogen) atoms. The van der Waals surface area contributed by atoms with Gasteiger partial charge in [0.15, 0.2) is 0 Å². The maximum Gasteiger partial charge on any atom is 0.0623 e. The van der Waals surface area contributed by atoms with Crippen LogP contribution < -0.4 is 5.32 Å². The summed E-state index contributed by atoms with van der Waals surface area (Å²) in [5.74, 6) is 0.658. The molecule has 0 amide bonds. The number of hydrogen-bond acceptors (Lipinski definition) is 4. The Morgan fingerprint density at radius 2 is 2.05 bits per heavy atom. The average Bonchev–Trinajstić information content (AvgIpc) is 2.78. The van der Waals surface area contributed by atoms with Crippen molar-refractivity contribution in [2.75, 3.05) is 53.0 Å². The lowest BCUT2D eigenvalue weighted by molar-refractivity contribution is 0.0296. The highest BCUT2D eigenvalue weighted by Crippen LogP contribution is 2.22. The van der Waals surface area contributed by atoms with Crippen molar-refractivity contribution in [1.29, 1.82) is 0 Å². The van der Waals surface area contributed by atoms with Crippen LogP contribution in [0.5, 0.6) is 0 Å². The number of nitrogens with zero attached hydrogens (tertiary/aromatic N) is 2. The van der Waals surface area contributed by atoms with Gasteiger partial charge in [0.25, 0.3) is 0 Å². The van der Waals surface area contributed by atoms with Crippen LogP contribution in [-0.4, -0.2) is 74.4 Å². The molecule has 2 aliphatic heterocycles. The second-order valence-corrected chi connectivity index (χ2v) is 6.83. The Bertz CT molecular complexity index is 283. The summed E-state index contributed by atoms with van der Waals surface area (Å²) < 4.78 is 5.68. The number of piperazine rings is 1. The lowest BCUT2D eigenvalue weighted by Gasteiger charge is -2.46. The molecule has 2 atom stereocenters. The molecule has 4 nitrogen and oxygen atoms in total. The summed E-state index contributed by atoms with van der Waals surface area (Å²) in [5, 5.41) is 3.64. The molecule has 0 aromatic carbocycles. The van der Waals surface area contributed by atoms with E-state index in [0.29, 0.717) is 17.5 Å².